The summed E-state index contributed by atoms with van der Waals surface area (Å²) < 4.78 is 57.0. The van der Waals surface area contributed by atoms with Crippen LogP contribution >= 0.6 is 22.6 Å². The van der Waals surface area contributed by atoms with Crippen LogP contribution in [0.15, 0.2) is 6.07 Å². The molecule has 16 heavy (non-hydrogen) atoms. The van der Waals surface area contributed by atoms with Gasteiger partial charge >= 0.3 is 6.36 Å². The molecule has 1 rings (SSSR count). The third kappa shape index (κ3) is 3.35. The van der Waals surface area contributed by atoms with Crippen LogP contribution in [0.25, 0.3) is 0 Å². The van der Waals surface area contributed by atoms with Crippen molar-refractivity contribution in [3.05, 3.63) is 15.3 Å². The van der Waals surface area contributed by atoms with E-state index in [0.717, 1.165) is 7.11 Å². The maximum absolute atomic E-state index is 12.5. The number of hydrogen-bond donors (Lipinski definition) is 0. The van der Waals surface area contributed by atoms with Crippen LogP contribution in [0.5, 0.6) is 11.6 Å². The van der Waals surface area contributed by atoms with Crippen LogP contribution < -0.4 is 9.47 Å². The summed E-state index contributed by atoms with van der Waals surface area (Å²) in [6, 6.07) is 1.28. The van der Waals surface area contributed by atoms with Crippen molar-refractivity contribution in [2.24, 2.45) is 0 Å². The van der Waals surface area contributed by atoms with Crippen molar-refractivity contribution in [3.63, 3.8) is 0 Å². The fourth-order valence-electron chi connectivity index (χ4n) is 1.02. The number of rotatable bonds is 3. The Morgan fingerprint density at radius 2 is 2.06 bits per heavy atom. The van der Waals surface area contributed by atoms with E-state index in [1.165, 1.54) is 6.07 Å². The number of ether oxygens (including phenoxy) is 2. The van der Waals surface area contributed by atoms with Gasteiger partial charge < -0.3 is 9.47 Å². The summed E-state index contributed by atoms with van der Waals surface area (Å²) in [7, 11) is 1.12. The molecule has 0 aliphatic heterocycles. The first-order valence-corrected chi connectivity index (χ1v) is 5.00. The van der Waals surface area contributed by atoms with Crippen molar-refractivity contribution in [2.45, 2.75) is 13.0 Å². The maximum atomic E-state index is 12.5. The molecule has 0 N–H and O–H groups in total. The molecule has 0 aliphatic carbocycles. The largest absolute Gasteiger partial charge is 0.574 e. The molecular formula is C8H6F4INO2. The first-order chi connectivity index (χ1) is 7.37. The predicted molar refractivity (Wildman–Crippen MR) is 55.0 cm³/mol. The SMILES string of the molecule is COc1c(CF)cc(I)nc1OC(F)(F)F. The summed E-state index contributed by atoms with van der Waals surface area (Å²) in [5.41, 5.74) is -0.0406. The van der Waals surface area contributed by atoms with Gasteiger partial charge in [0, 0.05) is 5.56 Å². The van der Waals surface area contributed by atoms with E-state index < -0.39 is 18.9 Å². The molecule has 90 valence electrons. The first-order valence-electron chi connectivity index (χ1n) is 3.92. The summed E-state index contributed by atoms with van der Waals surface area (Å²) in [5.74, 6) is -1.13. The topological polar surface area (TPSA) is 31.4 Å². The summed E-state index contributed by atoms with van der Waals surface area (Å²) >= 11 is 1.66. The zero-order chi connectivity index (χ0) is 12.3. The Balaban J connectivity index is 3.20. The van der Waals surface area contributed by atoms with Gasteiger partial charge in [-0.05, 0) is 28.7 Å². The number of alkyl halides is 4. The van der Waals surface area contributed by atoms with E-state index in [9.17, 15) is 17.6 Å². The Labute approximate surface area is 102 Å². The molecule has 0 saturated heterocycles. The minimum Gasteiger partial charge on any atom is -0.491 e. The highest BCUT2D eigenvalue weighted by molar-refractivity contribution is 14.1. The Morgan fingerprint density at radius 1 is 1.44 bits per heavy atom. The first kappa shape index (κ1) is 13.3. The number of aromatic nitrogens is 1. The highest BCUT2D eigenvalue weighted by Gasteiger charge is 2.34. The van der Waals surface area contributed by atoms with Crippen LogP contribution in [-0.2, 0) is 6.67 Å². The summed E-state index contributed by atoms with van der Waals surface area (Å²) in [6.45, 7) is -0.962. The summed E-state index contributed by atoms with van der Waals surface area (Å²) in [5, 5.41) is 0. The standard InChI is InChI=1S/C8H6F4INO2/c1-15-6-4(3-9)2-5(13)14-7(6)16-8(10,11)12/h2H,3H2,1H3. The second-order valence-electron chi connectivity index (χ2n) is 2.62. The smallest absolute Gasteiger partial charge is 0.491 e. The average Bonchev–Trinajstić information content (AvgIpc) is 2.14. The second-order valence-corrected chi connectivity index (χ2v) is 3.73. The van der Waals surface area contributed by atoms with Crippen molar-refractivity contribution in [3.8, 4) is 11.6 Å². The maximum Gasteiger partial charge on any atom is 0.574 e. The van der Waals surface area contributed by atoms with E-state index in [1.807, 2.05) is 0 Å². The average molecular weight is 351 g/mol. The monoisotopic (exact) mass is 351 g/mol. The molecule has 0 atom stereocenters. The molecule has 0 aliphatic rings. The molecule has 0 aromatic carbocycles. The lowest BCUT2D eigenvalue weighted by Gasteiger charge is -2.13. The molecule has 8 heteroatoms. The van der Waals surface area contributed by atoms with E-state index in [0.29, 0.717) is 0 Å². The minimum atomic E-state index is -4.89. The Hall–Kier alpha value is -0.800. The van der Waals surface area contributed by atoms with E-state index in [2.05, 4.69) is 14.5 Å². The van der Waals surface area contributed by atoms with E-state index in [-0.39, 0.29) is 15.0 Å². The van der Waals surface area contributed by atoms with Gasteiger partial charge in [0.15, 0.2) is 5.75 Å². The quantitative estimate of drug-likeness (QED) is 0.477. The van der Waals surface area contributed by atoms with E-state index in [4.69, 9.17) is 0 Å². The highest BCUT2D eigenvalue weighted by atomic mass is 127. The van der Waals surface area contributed by atoms with Crippen LogP contribution in [0.3, 0.4) is 0 Å². The number of pyridine rings is 1. The number of nitrogens with zero attached hydrogens (tertiary/aromatic N) is 1. The third-order valence-electron chi connectivity index (χ3n) is 1.55. The van der Waals surface area contributed by atoms with Gasteiger partial charge in [0.05, 0.1) is 7.11 Å². The molecule has 0 fully saturated rings. The minimum absolute atomic E-state index is 0.0406. The normalized spacial score (nSPS) is 11.4. The number of methoxy groups -OCH3 is 1. The van der Waals surface area contributed by atoms with Crippen molar-refractivity contribution >= 4 is 22.6 Å². The van der Waals surface area contributed by atoms with E-state index >= 15 is 0 Å². The lowest BCUT2D eigenvalue weighted by molar-refractivity contribution is -0.276. The van der Waals surface area contributed by atoms with Crippen LogP contribution in [0.2, 0.25) is 0 Å². The van der Waals surface area contributed by atoms with Gasteiger partial charge in [0.2, 0.25) is 0 Å². The lowest BCUT2D eigenvalue weighted by atomic mass is 10.2. The molecule has 0 bridgehead atoms. The third-order valence-corrected chi connectivity index (χ3v) is 2.10. The van der Waals surface area contributed by atoms with Crippen molar-refractivity contribution in [1.82, 2.24) is 4.98 Å². The van der Waals surface area contributed by atoms with Gasteiger partial charge in [0.1, 0.15) is 10.4 Å². The molecule has 0 saturated carbocycles. The van der Waals surface area contributed by atoms with Gasteiger partial charge in [-0.25, -0.2) is 9.37 Å². The van der Waals surface area contributed by atoms with Crippen LogP contribution in [0, 0.1) is 3.70 Å². The second kappa shape index (κ2) is 5.02. The molecule has 1 aromatic heterocycles. The van der Waals surface area contributed by atoms with Crippen LogP contribution in [0.4, 0.5) is 17.6 Å². The van der Waals surface area contributed by atoms with Gasteiger partial charge in [-0.2, -0.15) is 0 Å². The van der Waals surface area contributed by atoms with Gasteiger partial charge in [-0.1, -0.05) is 0 Å². The van der Waals surface area contributed by atoms with Gasteiger partial charge in [0.25, 0.3) is 5.88 Å². The lowest BCUT2D eigenvalue weighted by Crippen LogP contribution is -2.19. The Kier molecular flexibility index (Phi) is 4.16. The van der Waals surface area contributed by atoms with E-state index in [1.54, 1.807) is 22.6 Å². The molecular weight excluding hydrogens is 345 g/mol. The Morgan fingerprint density at radius 3 is 2.50 bits per heavy atom. The Bertz CT molecular complexity index is 383. The molecule has 0 radical (unpaired) electrons. The number of halogens is 5. The predicted octanol–water partition coefficient (Wildman–Crippen LogP) is 3.06. The molecule has 0 unspecified atom stereocenters. The summed E-state index contributed by atoms with van der Waals surface area (Å²) in [6.07, 6.45) is -4.89. The van der Waals surface area contributed by atoms with Crippen molar-refractivity contribution < 1.29 is 27.0 Å². The van der Waals surface area contributed by atoms with Gasteiger partial charge in [-0.15, -0.1) is 13.2 Å². The van der Waals surface area contributed by atoms with Gasteiger partial charge in [-0.3, -0.25) is 0 Å². The zero-order valence-corrected chi connectivity index (χ0v) is 10.1. The van der Waals surface area contributed by atoms with Crippen LogP contribution in [0.1, 0.15) is 5.56 Å². The highest BCUT2D eigenvalue weighted by Crippen LogP contribution is 2.34. The fourth-order valence-corrected chi connectivity index (χ4v) is 1.62. The van der Waals surface area contributed by atoms with Crippen molar-refractivity contribution in [2.75, 3.05) is 7.11 Å². The molecule has 1 aromatic rings. The zero-order valence-electron chi connectivity index (χ0n) is 7.94. The summed E-state index contributed by atoms with van der Waals surface area (Å²) in [4.78, 5) is 3.49. The van der Waals surface area contributed by atoms with Crippen LogP contribution in [-0.4, -0.2) is 18.5 Å². The number of hydrogen-bond acceptors (Lipinski definition) is 3. The van der Waals surface area contributed by atoms with Crippen molar-refractivity contribution in [1.29, 1.82) is 0 Å². The molecule has 1 heterocycles. The fraction of sp³-hybridized carbons (Fsp3) is 0.375. The molecule has 0 amide bonds. The molecule has 0 spiro atoms. The molecule has 3 nitrogen and oxygen atoms in total.